The molecular weight excluding hydrogens is 250 g/mol. The Labute approximate surface area is 114 Å². The highest BCUT2D eigenvalue weighted by Gasteiger charge is 2.18. The third kappa shape index (κ3) is 4.16. The van der Waals surface area contributed by atoms with Crippen molar-refractivity contribution in [3.8, 4) is 5.75 Å². The van der Waals surface area contributed by atoms with Gasteiger partial charge in [0.25, 0.3) is 0 Å². The van der Waals surface area contributed by atoms with Gasteiger partial charge in [-0.2, -0.15) is 0 Å². The summed E-state index contributed by atoms with van der Waals surface area (Å²) in [5.41, 5.74) is 7.22. The lowest BCUT2D eigenvalue weighted by atomic mass is 9.98. The molecule has 0 heterocycles. The van der Waals surface area contributed by atoms with E-state index in [-0.39, 0.29) is 12.1 Å². The minimum absolute atomic E-state index is 0.0534. The topological polar surface area (TPSA) is 44.5 Å². The molecule has 3 nitrogen and oxygen atoms in total. The number of ether oxygens (including phenoxy) is 2. The average Bonchev–Trinajstić information content (AvgIpc) is 2.36. The number of rotatable bonds is 7. The number of methoxy groups -OCH3 is 2. The second kappa shape index (κ2) is 7.62. The standard InChI is InChI=1S/C14H22ClNO2/c1-4-5-14(18-3)12(16)9-10-8-11(15)6-7-13(10)17-2/h6-8,12,14H,4-5,9,16H2,1-3H3. The fourth-order valence-corrected chi connectivity index (χ4v) is 2.28. The predicted molar refractivity (Wildman–Crippen MR) is 75.4 cm³/mol. The molecule has 1 aromatic rings. The first-order chi connectivity index (χ1) is 8.62. The summed E-state index contributed by atoms with van der Waals surface area (Å²) in [7, 11) is 3.35. The van der Waals surface area contributed by atoms with Crippen LogP contribution in [-0.2, 0) is 11.2 Å². The molecule has 0 aliphatic rings. The molecule has 2 N–H and O–H groups in total. The highest BCUT2D eigenvalue weighted by atomic mass is 35.5. The molecule has 0 bridgehead atoms. The molecule has 1 aromatic carbocycles. The molecule has 1 rings (SSSR count). The van der Waals surface area contributed by atoms with Crippen molar-refractivity contribution in [3.05, 3.63) is 28.8 Å². The normalized spacial score (nSPS) is 14.3. The third-order valence-corrected chi connectivity index (χ3v) is 3.29. The van der Waals surface area contributed by atoms with E-state index in [2.05, 4.69) is 6.92 Å². The lowest BCUT2D eigenvalue weighted by Crippen LogP contribution is -2.38. The zero-order chi connectivity index (χ0) is 13.5. The van der Waals surface area contributed by atoms with Crippen molar-refractivity contribution >= 4 is 11.6 Å². The molecular formula is C14H22ClNO2. The van der Waals surface area contributed by atoms with Crippen molar-refractivity contribution < 1.29 is 9.47 Å². The summed E-state index contributed by atoms with van der Waals surface area (Å²) >= 11 is 6.00. The molecule has 102 valence electrons. The maximum atomic E-state index is 6.20. The first-order valence-corrected chi connectivity index (χ1v) is 6.61. The first kappa shape index (κ1) is 15.3. The molecule has 0 amide bonds. The summed E-state index contributed by atoms with van der Waals surface area (Å²) in [5.74, 6) is 0.821. The van der Waals surface area contributed by atoms with Crippen LogP contribution in [0.15, 0.2) is 18.2 Å². The quantitative estimate of drug-likeness (QED) is 0.829. The summed E-state index contributed by atoms with van der Waals surface area (Å²) in [5, 5.41) is 0.697. The molecule has 0 fully saturated rings. The van der Waals surface area contributed by atoms with E-state index < -0.39 is 0 Å². The lowest BCUT2D eigenvalue weighted by molar-refractivity contribution is 0.0725. The molecule has 4 heteroatoms. The minimum atomic E-state index is -0.0534. The molecule has 0 spiro atoms. The van der Waals surface area contributed by atoms with Crippen LogP contribution >= 0.6 is 11.6 Å². The lowest BCUT2D eigenvalue weighted by Gasteiger charge is -2.23. The van der Waals surface area contributed by atoms with Gasteiger partial charge in [-0.3, -0.25) is 0 Å². The van der Waals surface area contributed by atoms with Crippen molar-refractivity contribution in [1.82, 2.24) is 0 Å². The monoisotopic (exact) mass is 271 g/mol. The zero-order valence-corrected chi connectivity index (χ0v) is 12.0. The Bertz CT molecular complexity index is 371. The largest absolute Gasteiger partial charge is 0.496 e. The van der Waals surface area contributed by atoms with Crippen LogP contribution in [0.25, 0.3) is 0 Å². The second-order valence-electron chi connectivity index (χ2n) is 4.39. The summed E-state index contributed by atoms with van der Waals surface area (Å²) in [4.78, 5) is 0. The van der Waals surface area contributed by atoms with Gasteiger partial charge in [-0.25, -0.2) is 0 Å². The first-order valence-electron chi connectivity index (χ1n) is 6.23. The molecule has 2 atom stereocenters. The van der Waals surface area contributed by atoms with Gasteiger partial charge >= 0.3 is 0 Å². The Morgan fingerprint density at radius 2 is 2.06 bits per heavy atom. The van der Waals surface area contributed by atoms with Gasteiger partial charge < -0.3 is 15.2 Å². The summed E-state index contributed by atoms with van der Waals surface area (Å²) in [6.45, 7) is 2.12. The molecule has 0 aromatic heterocycles. The number of hydrogen-bond acceptors (Lipinski definition) is 3. The van der Waals surface area contributed by atoms with Crippen molar-refractivity contribution in [2.45, 2.75) is 38.3 Å². The van der Waals surface area contributed by atoms with Crippen LogP contribution in [0.1, 0.15) is 25.3 Å². The summed E-state index contributed by atoms with van der Waals surface area (Å²) in [6, 6.07) is 5.53. The molecule has 0 saturated carbocycles. The Morgan fingerprint density at radius 1 is 1.33 bits per heavy atom. The van der Waals surface area contributed by atoms with E-state index in [0.29, 0.717) is 11.4 Å². The van der Waals surface area contributed by atoms with Crippen molar-refractivity contribution in [2.75, 3.05) is 14.2 Å². The number of halogens is 1. The third-order valence-electron chi connectivity index (χ3n) is 3.05. The van der Waals surface area contributed by atoms with Gasteiger partial charge in [0.15, 0.2) is 0 Å². The number of nitrogens with two attached hydrogens (primary N) is 1. The summed E-state index contributed by atoms with van der Waals surface area (Å²) < 4.78 is 10.7. The van der Waals surface area contributed by atoms with E-state index in [1.165, 1.54) is 0 Å². The van der Waals surface area contributed by atoms with E-state index in [9.17, 15) is 0 Å². The van der Waals surface area contributed by atoms with Crippen LogP contribution in [0.3, 0.4) is 0 Å². The predicted octanol–water partition coefficient (Wildman–Crippen LogP) is 3.03. The number of benzene rings is 1. The summed E-state index contributed by atoms with van der Waals surface area (Å²) in [6.07, 6.45) is 2.78. The Balaban J connectivity index is 2.79. The van der Waals surface area contributed by atoms with Crippen LogP contribution in [0, 0.1) is 0 Å². The molecule has 0 saturated heterocycles. The fraction of sp³-hybridized carbons (Fsp3) is 0.571. The zero-order valence-electron chi connectivity index (χ0n) is 11.3. The second-order valence-corrected chi connectivity index (χ2v) is 4.82. The van der Waals surface area contributed by atoms with Gasteiger partial charge in [0.1, 0.15) is 5.75 Å². The van der Waals surface area contributed by atoms with Crippen LogP contribution < -0.4 is 10.5 Å². The van der Waals surface area contributed by atoms with Crippen LogP contribution in [0.4, 0.5) is 0 Å². The maximum Gasteiger partial charge on any atom is 0.122 e. The Kier molecular flexibility index (Phi) is 6.47. The van der Waals surface area contributed by atoms with E-state index in [1.54, 1.807) is 14.2 Å². The van der Waals surface area contributed by atoms with Crippen LogP contribution in [0.5, 0.6) is 5.75 Å². The van der Waals surface area contributed by atoms with E-state index in [4.69, 9.17) is 26.8 Å². The van der Waals surface area contributed by atoms with Crippen LogP contribution in [-0.4, -0.2) is 26.4 Å². The van der Waals surface area contributed by atoms with Crippen molar-refractivity contribution in [1.29, 1.82) is 0 Å². The molecule has 0 aliphatic heterocycles. The van der Waals surface area contributed by atoms with E-state index in [0.717, 1.165) is 24.2 Å². The molecule has 2 unspecified atom stereocenters. The van der Waals surface area contributed by atoms with Gasteiger partial charge in [0.2, 0.25) is 0 Å². The maximum absolute atomic E-state index is 6.20. The Morgan fingerprint density at radius 3 is 2.61 bits per heavy atom. The van der Waals surface area contributed by atoms with E-state index in [1.807, 2.05) is 18.2 Å². The number of hydrogen-bond donors (Lipinski definition) is 1. The Hall–Kier alpha value is -0.770. The van der Waals surface area contributed by atoms with Crippen LogP contribution in [0.2, 0.25) is 5.02 Å². The van der Waals surface area contributed by atoms with Gasteiger partial charge in [-0.1, -0.05) is 24.9 Å². The van der Waals surface area contributed by atoms with Gasteiger partial charge in [0, 0.05) is 18.2 Å². The highest BCUT2D eigenvalue weighted by Crippen LogP contribution is 2.24. The van der Waals surface area contributed by atoms with Gasteiger partial charge in [-0.15, -0.1) is 0 Å². The smallest absolute Gasteiger partial charge is 0.122 e. The fourth-order valence-electron chi connectivity index (χ4n) is 2.08. The molecule has 0 radical (unpaired) electrons. The highest BCUT2D eigenvalue weighted by molar-refractivity contribution is 6.30. The molecule has 18 heavy (non-hydrogen) atoms. The van der Waals surface area contributed by atoms with Gasteiger partial charge in [-0.05, 0) is 36.6 Å². The average molecular weight is 272 g/mol. The molecule has 0 aliphatic carbocycles. The van der Waals surface area contributed by atoms with E-state index >= 15 is 0 Å². The minimum Gasteiger partial charge on any atom is -0.496 e. The van der Waals surface area contributed by atoms with Crippen molar-refractivity contribution in [2.24, 2.45) is 5.73 Å². The van der Waals surface area contributed by atoms with Gasteiger partial charge in [0.05, 0.1) is 13.2 Å². The SMILES string of the molecule is CCCC(OC)C(N)Cc1cc(Cl)ccc1OC. The van der Waals surface area contributed by atoms with Crippen molar-refractivity contribution in [3.63, 3.8) is 0 Å².